The van der Waals surface area contributed by atoms with Gasteiger partial charge in [-0.15, -0.1) is 0 Å². The van der Waals surface area contributed by atoms with E-state index in [1.165, 1.54) is 25.3 Å². The Labute approximate surface area is 287 Å². The molecule has 17 heteroatoms. The van der Waals surface area contributed by atoms with Gasteiger partial charge in [0.05, 0.1) is 26.9 Å². The zero-order valence-electron chi connectivity index (χ0n) is 29.7. The second kappa shape index (κ2) is 21.4. The summed E-state index contributed by atoms with van der Waals surface area (Å²) in [6.07, 6.45) is -0.147. The van der Waals surface area contributed by atoms with E-state index in [4.69, 9.17) is 24.7 Å². The van der Waals surface area contributed by atoms with Crippen LogP contribution in [0.1, 0.15) is 57.8 Å². The molecular weight excluding hydrogens is 642 g/mol. The van der Waals surface area contributed by atoms with Crippen molar-refractivity contribution in [3.05, 3.63) is 23.8 Å². The van der Waals surface area contributed by atoms with Crippen molar-refractivity contribution in [2.75, 3.05) is 66.0 Å². The zero-order valence-corrected chi connectivity index (χ0v) is 29.7. The van der Waals surface area contributed by atoms with Crippen LogP contribution in [0.25, 0.3) is 0 Å². The highest BCUT2D eigenvalue weighted by molar-refractivity contribution is 5.99. The molecule has 0 saturated carbocycles. The lowest BCUT2D eigenvalue weighted by Crippen LogP contribution is -2.55. The van der Waals surface area contributed by atoms with Crippen molar-refractivity contribution in [3.63, 3.8) is 0 Å². The number of nitrogens with zero attached hydrogens (tertiary/aromatic N) is 1. The molecule has 6 amide bonds. The number of primary amides is 1. The lowest BCUT2D eigenvalue weighted by molar-refractivity contribution is -0.132. The number of urea groups is 1. The standard InChI is InChI=1S/C32H53N7O10/c1-20(2)26(38-25(40)19-39(6)7)28(42)37-23(10-9-13-34-30(33)44)27(41)36-21-11-12-22(29(43)46-8)24(18-21)48-17-16-47-15-14-35-31(45)49-32(3,4)5/h11-12,18,20,23,26H,9-10,13-17,19H2,1-8H3,(H,35,45)(H,36,41)(H,37,42)(H,38,40)(H3,33,34,44)/t23-,26-/m0/s1. The minimum absolute atomic E-state index is 0.0233. The molecule has 0 aliphatic rings. The highest BCUT2D eigenvalue weighted by atomic mass is 16.6. The van der Waals surface area contributed by atoms with Crippen LogP contribution in [0, 0.1) is 5.92 Å². The van der Waals surface area contributed by atoms with Gasteiger partial charge in [0.25, 0.3) is 0 Å². The Morgan fingerprint density at radius 2 is 1.61 bits per heavy atom. The molecular formula is C32H53N7O10. The Balaban J connectivity index is 3.00. The molecule has 1 aromatic carbocycles. The first-order chi connectivity index (χ1) is 22.9. The van der Waals surface area contributed by atoms with Gasteiger partial charge in [0.15, 0.2) is 0 Å². The fourth-order valence-electron chi connectivity index (χ4n) is 4.17. The third-order valence-electron chi connectivity index (χ3n) is 6.38. The Kier molecular flexibility index (Phi) is 18.5. The molecule has 7 N–H and O–H groups in total. The summed E-state index contributed by atoms with van der Waals surface area (Å²) in [5.74, 6) is -2.36. The minimum atomic E-state index is -1.07. The maximum absolute atomic E-state index is 13.5. The van der Waals surface area contributed by atoms with Gasteiger partial charge in [0.2, 0.25) is 17.7 Å². The molecule has 0 heterocycles. The summed E-state index contributed by atoms with van der Waals surface area (Å²) in [7, 11) is 4.67. The minimum Gasteiger partial charge on any atom is -0.490 e. The highest BCUT2D eigenvalue weighted by Crippen LogP contribution is 2.25. The molecule has 1 rings (SSSR count). The largest absolute Gasteiger partial charge is 0.490 e. The number of amides is 6. The van der Waals surface area contributed by atoms with Crippen molar-refractivity contribution in [3.8, 4) is 5.75 Å². The predicted octanol–water partition coefficient (Wildman–Crippen LogP) is 0.968. The predicted molar refractivity (Wildman–Crippen MR) is 181 cm³/mol. The molecule has 0 unspecified atom stereocenters. The first-order valence-electron chi connectivity index (χ1n) is 15.9. The normalized spacial score (nSPS) is 12.4. The van der Waals surface area contributed by atoms with E-state index in [0.717, 1.165) is 0 Å². The number of hydrogen-bond donors (Lipinski definition) is 6. The third-order valence-corrected chi connectivity index (χ3v) is 6.38. The third kappa shape index (κ3) is 17.9. The Bertz CT molecular complexity index is 1270. The number of methoxy groups -OCH3 is 1. The number of alkyl carbamates (subject to hydrolysis) is 1. The van der Waals surface area contributed by atoms with Crippen LogP contribution in [0.5, 0.6) is 5.75 Å². The molecule has 0 fully saturated rings. The topological polar surface area (TPSA) is 229 Å². The first-order valence-corrected chi connectivity index (χ1v) is 15.9. The van der Waals surface area contributed by atoms with E-state index >= 15 is 0 Å². The lowest BCUT2D eigenvalue weighted by Gasteiger charge is -2.26. The molecule has 0 bridgehead atoms. The number of anilines is 1. The van der Waals surface area contributed by atoms with E-state index in [1.54, 1.807) is 53.6 Å². The molecule has 49 heavy (non-hydrogen) atoms. The zero-order chi connectivity index (χ0) is 37.1. The molecule has 1 aromatic rings. The number of benzene rings is 1. The van der Waals surface area contributed by atoms with Crippen LogP contribution in [-0.2, 0) is 28.6 Å². The molecule has 2 atom stereocenters. The van der Waals surface area contributed by atoms with Crippen LogP contribution in [0.3, 0.4) is 0 Å². The van der Waals surface area contributed by atoms with E-state index in [2.05, 4.69) is 26.6 Å². The number of nitrogens with one attached hydrogen (secondary N) is 5. The maximum Gasteiger partial charge on any atom is 0.407 e. The van der Waals surface area contributed by atoms with Gasteiger partial charge in [-0.2, -0.15) is 0 Å². The van der Waals surface area contributed by atoms with Crippen LogP contribution in [0.4, 0.5) is 15.3 Å². The number of carbonyl (C=O) groups is 6. The fourth-order valence-corrected chi connectivity index (χ4v) is 4.17. The molecule has 17 nitrogen and oxygen atoms in total. The summed E-state index contributed by atoms with van der Waals surface area (Å²) in [5.41, 5.74) is 4.88. The van der Waals surface area contributed by atoms with E-state index in [0.29, 0.717) is 6.42 Å². The van der Waals surface area contributed by atoms with Crippen LogP contribution in [-0.4, -0.2) is 119 Å². The maximum atomic E-state index is 13.5. The van der Waals surface area contributed by atoms with Crippen LogP contribution in [0.2, 0.25) is 0 Å². The van der Waals surface area contributed by atoms with Crippen molar-refractivity contribution in [2.45, 2.75) is 65.1 Å². The van der Waals surface area contributed by atoms with Gasteiger partial charge in [-0.25, -0.2) is 14.4 Å². The number of rotatable bonds is 20. The van der Waals surface area contributed by atoms with Gasteiger partial charge in [0, 0.05) is 24.8 Å². The van der Waals surface area contributed by atoms with Gasteiger partial charge in [-0.1, -0.05) is 13.8 Å². The monoisotopic (exact) mass is 695 g/mol. The number of hydrogen-bond acceptors (Lipinski definition) is 11. The quantitative estimate of drug-likeness (QED) is 0.0832. The SMILES string of the molecule is COC(=O)c1ccc(NC(=O)[C@H](CCCNC(N)=O)NC(=O)[C@@H](NC(=O)CN(C)C)C(C)C)cc1OCCOCCNC(=O)OC(C)(C)C. The van der Waals surface area contributed by atoms with E-state index in [9.17, 15) is 28.8 Å². The molecule has 0 saturated heterocycles. The van der Waals surface area contributed by atoms with Crippen LogP contribution in [0.15, 0.2) is 18.2 Å². The lowest BCUT2D eigenvalue weighted by atomic mass is 10.0. The summed E-state index contributed by atoms with van der Waals surface area (Å²) in [4.78, 5) is 76.1. The Morgan fingerprint density at radius 1 is 0.918 bits per heavy atom. The van der Waals surface area contributed by atoms with Gasteiger partial charge in [0.1, 0.15) is 35.6 Å². The molecule has 276 valence electrons. The summed E-state index contributed by atoms with van der Waals surface area (Å²) in [6.45, 7) is 9.56. The Morgan fingerprint density at radius 3 is 2.20 bits per heavy atom. The number of carbonyl (C=O) groups excluding carboxylic acids is 6. The van der Waals surface area contributed by atoms with Gasteiger partial charge < -0.3 is 56.2 Å². The molecule has 0 spiro atoms. The summed E-state index contributed by atoms with van der Waals surface area (Å²) >= 11 is 0. The summed E-state index contributed by atoms with van der Waals surface area (Å²) in [6, 6.07) is 1.61. The smallest absolute Gasteiger partial charge is 0.407 e. The van der Waals surface area contributed by atoms with Crippen molar-refractivity contribution < 1.29 is 47.7 Å². The number of ether oxygens (including phenoxy) is 4. The second-order valence-corrected chi connectivity index (χ2v) is 12.6. The Hall–Kier alpha value is -4.64. The number of nitrogens with two attached hydrogens (primary N) is 1. The van der Waals surface area contributed by atoms with Gasteiger partial charge >= 0.3 is 18.1 Å². The highest BCUT2D eigenvalue weighted by Gasteiger charge is 2.29. The van der Waals surface area contributed by atoms with Crippen molar-refractivity contribution >= 4 is 41.5 Å². The number of likely N-dealkylation sites (N-methyl/N-ethyl adjacent to an activating group) is 1. The van der Waals surface area contributed by atoms with E-state index in [1.807, 2.05) is 0 Å². The molecule has 0 aliphatic carbocycles. The fraction of sp³-hybridized carbons (Fsp3) is 0.625. The van der Waals surface area contributed by atoms with Gasteiger partial charge in [-0.3, -0.25) is 14.4 Å². The summed E-state index contributed by atoms with van der Waals surface area (Å²) < 4.78 is 21.3. The van der Waals surface area contributed by atoms with Crippen LogP contribution < -0.4 is 37.1 Å². The number of esters is 1. The molecule has 0 radical (unpaired) electrons. The van der Waals surface area contributed by atoms with Crippen molar-refractivity contribution in [2.24, 2.45) is 11.7 Å². The van der Waals surface area contributed by atoms with Crippen molar-refractivity contribution in [1.82, 2.24) is 26.2 Å². The average Bonchev–Trinajstić information content (AvgIpc) is 2.98. The molecule has 0 aromatic heterocycles. The van der Waals surface area contributed by atoms with E-state index < -0.39 is 47.6 Å². The van der Waals surface area contributed by atoms with E-state index in [-0.39, 0.29) is 74.7 Å². The first kappa shape index (κ1) is 42.4. The average molecular weight is 696 g/mol. The van der Waals surface area contributed by atoms with Crippen LogP contribution >= 0.6 is 0 Å². The molecule has 0 aliphatic heterocycles. The second-order valence-electron chi connectivity index (χ2n) is 12.6. The summed E-state index contributed by atoms with van der Waals surface area (Å²) in [5, 5.41) is 13.2. The van der Waals surface area contributed by atoms with Crippen molar-refractivity contribution in [1.29, 1.82) is 0 Å². The van der Waals surface area contributed by atoms with Gasteiger partial charge in [-0.05, 0) is 65.8 Å².